The van der Waals surface area contributed by atoms with Crippen molar-refractivity contribution < 1.29 is 14.7 Å². The van der Waals surface area contributed by atoms with E-state index in [0.717, 1.165) is 12.1 Å². The number of anilines is 1. The zero-order valence-electron chi connectivity index (χ0n) is 12.5. The Bertz CT molecular complexity index is 528. The summed E-state index contributed by atoms with van der Waals surface area (Å²) in [6.45, 7) is 4.73. The first-order valence-corrected chi connectivity index (χ1v) is 7.35. The monoisotopic (exact) mass is 290 g/mol. The van der Waals surface area contributed by atoms with E-state index in [4.69, 9.17) is 0 Å². The van der Waals surface area contributed by atoms with Crippen molar-refractivity contribution in [3.63, 3.8) is 0 Å². The van der Waals surface area contributed by atoms with Gasteiger partial charge in [0, 0.05) is 30.8 Å². The Morgan fingerprint density at radius 3 is 2.81 bits per heavy atom. The topological polar surface area (TPSA) is 69.6 Å². The van der Waals surface area contributed by atoms with Crippen molar-refractivity contribution in [3.05, 3.63) is 29.8 Å². The summed E-state index contributed by atoms with van der Waals surface area (Å²) in [6.07, 6.45) is 0.865. The second-order valence-electron chi connectivity index (χ2n) is 5.72. The predicted molar refractivity (Wildman–Crippen MR) is 81.2 cm³/mol. The quantitative estimate of drug-likeness (QED) is 0.864. The minimum Gasteiger partial charge on any atom is -0.391 e. The number of carbonyl (C=O) groups is 2. The Balaban J connectivity index is 2.03. The van der Waals surface area contributed by atoms with E-state index in [1.165, 1.54) is 0 Å². The Kier molecular flexibility index (Phi) is 4.96. The van der Waals surface area contributed by atoms with Gasteiger partial charge in [-0.05, 0) is 30.5 Å². The molecule has 0 spiro atoms. The molecular weight excluding hydrogens is 268 g/mol. The molecule has 2 N–H and O–H groups in total. The number of amides is 2. The molecule has 0 radical (unpaired) electrons. The molecule has 1 aliphatic rings. The molecule has 1 heterocycles. The van der Waals surface area contributed by atoms with Crippen molar-refractivity contribution in [2.45, 2.75) is 32.8 Å². The van der Waals surface area contributed by atoms with Crippen molar-refractivity contribution in [1.29, 1.82) is 0 Å². The predicted octanol–water partition coefficient (Wildman–Crippen LogP) is 1.56. The number of hydrogen-bond acceptors (Lipinski definition) is 3. The first-order valence-electron chi connectivity index (χ1n) is 7.35. The van der Waals surface area contributed by atoms with E-state index in [1.807, 2.05) is 19.9 Å². The molecule has 5 nitrogen and oxygen atoms in total. The maximum Gasteiger partial charge on any atom is 0.251 e. The van der Waals surface area contributed by atoms with Gasteiger partial charge in [-0.25, -0.2) is 0 Å². The van der Waals surface area contributed by atoms with Crippen molar-refractivity contribution in [3.8, 4) is 0 Å². The maximum atomic E-state index is 12.1. The van der Waals surface area contributed by atoms with Gasteiger partial charge in [0.05, 0.1) is 6.10 Å². The van der Waals surface area contributed by atoms with Crippen LogP contribution in [-0.4, -0.2) is 36.1 Å². The zero-order valence-corrected chi connectivity index (χ0v) is 12.5. The summed E-state index contributed by atoms with van der Waals surface area (Å²) in [6, 6.07) is 7.04. The van der Waals surface area contributed by atoms with Crippen LogP contribution in [-0.2, 0) is 4.79 Å². The summed E-state index contributed by atoms with van der Waals surface area (Å²) in [7, 11) is 0. The number of carbonyl (C=O) groups excluding carboxylic acids is 2. The van der Waals surface area contributed by atoms with Crippen molar-refractivity contribution in [2.24, 2.45) is 5.92 Å². The lowest BCUT2D eigenvalue weighted by Crippen LogP contribution is -2.34. The Labute approximate surface area is 125 Å². The van der Waals surface area contributed by atoms with Crippen molar-refractivity contribution >= 4 is 17.5 Å². The maximum absolute atomic E-state index is 12.1. The number of rotatable bonds is 5. The summed E-state index contributed by atoms with van der Waals surface area (Å²) in [4.78, 5) is 25.5. The van der Waals surface area contributed by atoms with E-state index in [2.05, 4.69) is 5.32 Å². The van der Waals surface area contributed by atoms with Crippen LogP contribution in [0.5, 0.6) is 0 Å². The van der Waals surface area contributed by atoms with Crippen LogP contribution in [0.4, 0.5) is 5.69 Å². The minimum atomic E-state index is -0.558. The second kappa shape index (κ2) is 6.72. The molecule has 0 aliphatic carbocycles. The highest BCUT2D eigenvalue weighted by Crippen LogP contribution is 2.22. The summed E-state index contributed by atoms with van der Waals surface area (Å²) in [5.74, 6) is -0.0372. The average Bonchev–Trinajstić information content (AvgIpc) is 2.90. The number of hydrogen-bond donors (Lipinski definition) is 2. The molecule has 114 valence electrons. The molecule has 2 rings (SSSR count). The number of aliphatic hydroxyl groups excluding tert-OH is 1. The number of aliphatic hydroxyl groups is 1. The average molecular weight is 290 g/mol. The van der Waals surface area contributed by atoms with E-state index < -0.39 is 6.10 Å². The molecule has 1 unspecified atom stereocenters. The van der Waals surface area contributed by atoms with E-state index in [1.54, 1.807) is 23.1 Å². The zero-order chi connectivity index (χ0) is 15.4. The first kappa shape index (κ1) is 15.5. The number of nitrogens with one attached hydrogen (secondary N) is 1. The van der Waals surface area contributed by atoms with Crippen LogP contribution < -0.4 is 10.2 Å². The standard InChI is InChI=1S/C16H22N2O3/c1-11(2)14(19)10-17-16(21)12-5-3-6-13(9-12)18-8-4-7-15(18)20/h3,5-6,9,11,14,19H,4,7-8,10H2,1-2H3,(H,17,21). The van der Waals surface area contributed by atoms with Crippen LogP contribution >= 0.6 is 0 Å². The van der Waals surface area contributed by atoms with Gasteiger partial charge in [0.25, 0.3) is 5.91 Å². The first-order chi connectivity index (χ1) is 9.99. The van der Waals surface area contributed by atoms with Crippen LogP contribution in [0.25, 0.3) is 0 Å². The highest BCUT2D eigenvalue weighted by atomic mass is 16.3. The van der Waals surface area contributed by atoms with E-state index in [0.29, 0.717) is 18.5 Å². The molecule has 1 aromatic rings. The van der Waals surface area contributed by atoms with Gasteiger partial charge in [-0.1, -0.05) is 19.9 Å². The molecule has 1 aromatic carbocycles. The van der Waals surface area contributed by atoms with Gasteiger partial charge in [-0.3, -0.25) is 9.59 Å². The largest absolute Gasteiger partial charge is 0.391 e. The van der Waals surface area contributed by atoms with Gasteiger partial charge < -0.3 is 15.3 Å². The third kappa shape index (κ3) is 3.82. The van der Waals surface area contributed by atoms with Gasteiger partial charge in [0.15, 0.2) is 0 Å². The molecule has 2 amide bonds. The summed E-state index contributed by atoms with van der Waals surface area (Å²) < 4.78 is 0. The highest BCUT2D eigenvalue weighted by molar-refractivity contribution is 5.99. The molecule has 5 heteroatoms. The fourth-order valence-corrected chi connectivity index (χ4v) is 2.27. The summed E-state index contributed by atoms with van der Waals surface area (Å²) in [5, 5.41) is 12.4. The molecule has 1 atom stereocenters. The molecular formula is C16H22N2O3. The second-order valence-corrected chi connectivity index (χ2v) is 5.72. The Morgan fingerprint density at radius 2 is 2.19 bits per heavy atom. The number of nitrogens with zero attached hydrogens (tertiary/aromatic N) is 1. The van der Waals surface area contributed by atoms with Gasteiger partial charge in [0.1, 0.15) is 0 Å². The molecule has 0 saturated carbocycles. The lowest BCUT2D eigenvalue weighted by atomic mass is 10.1. The third-order valence-electron chi connectivity index (χ3n) is 3.73. The van der Waals surface area contributed by atoms with Gasteiger partial charge >= 0.3 is 0 Å². The summed E-state index contributed by atoms with van der Waals surface area (Å²) >= 11 is 0. The Hall–Kier alpha value is -1.88. The molecule has 21 heavy (non-hydrogen) atoms. The van der Waals surface area contributed by atoms with Crippen LogP contribution in [0.15, 0.2) is 24.3 Å². The lowest BCUT2D eigenvalue weighted by molar-refractivity contribution is -0.117. The van der Waals surface area contributed by atoms with Crippen LogP contribution in [0.3, 0.4) is 0 Å². The fourth-order valence-electron chi connectivity index (χ4n) is 2.27. The third-order valence-corrected chi connectivity index (χ3v) is 3.73. The van der Waals surface area contributed by atoms with Gasteiger partial charge in [0.2, 0.25) is 5.91 Å². The Morgan fingerprint density at radius 1 is 1.43 bits per heavy atom. The van der Waals surface area contributed by atoms with E-state index >= 15 is 0 Å². The lowest BCUT2D eigenvalue weighted by Gasteiger charge is -2.17. The van der Waals surface area contributed by atoms with Gasteiger partial charge in [-0.15, -0.1) is 0 Å². The van der Waals surface area contributed by atoms with Crippen LogP contribution in [0, 0.1) is 5.92 Å². The summed E-state index contributed by atoms with van der Waals surface area (Å²) in [5.41, 5.74) is 1.26. The van der Waals surface area contributed by atoms with Crippen LogP contribution in [0.2, 0.25) is 0 Å². The molecule has 1 fully saturated rings. The van der Waals surface area contributed by atoms with E-state index in [-0.39, 0.29) is 24.3 Å². The molecule has 1 aliphatic heterocycles. The SMILES string of the molecule is CC(C)C(O)CNC(=O)c1cccc(N2CCCC2=O)c1. The van der Waals surface area contributed by atoms with Gasteiger partial charge in [-0.2, -0.15) is 0 Å². The number of benzene rings is 1. The van der Waals surface area contributed by atoms with E-state index in [9.17, 15) is 14.7 Å². The normalized spacial score (nSPS) is 16.4. The minimum absolute atomic E-state index is 0.0962. The highest BCUT2D eigenvalue weighted by Gasteiger charge is 2.22. The fraction of sp³-hybridized carbons (Fsp3) is 0.500. The van der Waals surface area contributed by atoms with Crippen molar-refractivity contribution in [2.75, 3.05) is 18.0 Å². The molecule has 0 aromatic heterocycles. The van der Waals surface area contributed by atoms with Crippen LogP contribution in [0.1, 0.15) is 37.0 Å². The molecule has 0 bridgehead atoms. The van der Waals surface area contributed by atoms with Crippen molar-refractivity contribution in [1.82, 2.24) is 5.32 Å². The molecule has 1 saturated heterocycles. The smallest absolute Gasteiger partial charge is 0.251 e.